The van der Waals surface area contributed by atoms with Crippen LogP contribution in [0.4, 0.5) is 5.69 Å². The zero-order valence-electron chi connectivity index (χ0n) is 10.4. The van der Waals surface area contributed by atoms with Gasteiger partial charge in [-0.25, -0.2) is 0 Å². The number of nitro groups is 1. The third-order valence-electron chi connectivity index (χ3n) is 4.09. The van der Waals surface area contributed by atoms with Crippen LogP contribution in [0.2, 0.25) is 0 Å². The summed E-state index contributed by atoms with van der Waals surface area (Å²) in [4.78, 5) is 10.9. The van der Waals surface area contributed by atoms with E-state index in [0.717, 1.165) is 11.1 Å². The zero-order chi connectivity index (χ0) is 12.8. The van der Waals surface area contributed by atoms with Gasteiger partial charge in [0.25, 0.3) is 5.69 Å². The van der Waals surface area contributed by atoms with Crippen LogP contribution in [0.25, 0.3) is 0 Å². The van der Waals surface area contributed by atoms with Gasteiger partial charge in [-0.1, -0.05) is 32.0 Å². The molecule has 0 aromatic heterocycles. The first-order valence-corrected chi connectivity index (χ1v) is 5.85. The van der Waals surface area contributed by atoms with Gasteiger partial charge in [0.1, 0.15) is 0 Å². The largest absolute Gasteiger partial charge is 0.330 e. The summed E-state index contributed by atoms with van der Waals surface area (Å²) in [6.07, 6.45) is 0. The summed E-state index contributed by atoms with van der Waals surface area (Å²) < 4.78 is 0. The highest BCUT2D eigenvalue weighted by molar-refractivity contribution is 5.52. The summed E-state index contributed by atoms with van der Waals surface area (Å²) in [5.74, 6) is 0.566. The molecule has 4 nitrogen and oxygen atoms in total. The van der Waals surface area contributed by atoms with Crippen LogP contribution in [0, 0.1) is 28.4 Å². The summed E-state index contributed by atoms with van der Waals surface area (Å²) in [6, 6.07) is 5.54. The molecule has 17 heavy (non-hydrogen) atoms. The maximum Gasteiger partial charge on any atom is 0.275 e. The highest BCUT2D eigenvalue weighted by Gasteiger charge is 2.59. The SMILES string of the molecule is Cc1cccc([C@H]2[C@H](CN)C2(C)C)c1[N+](=O)[O-]. The molecule has 1 saturated carbocycles. The summed E-state index contributed by atoms with van der Waals surface area (Å²) >= 11 is 0. The Morgan fingerprint density at radius 2 is 2.12 bits per heavy atom. The van der Waals surface area contributed by atoms with E-state index in [1.54, 1.807) is 13.0 Å². The molecule has 92 valence electrons. The number of aryl methyl sites for hydroxylation is 1. The molecule has 1 fully saturated rings. The van der Waals surface area contributed by atoms with E-state index in [0.29, 0.717) is 12.5 Å². The van der Waals surface area contributed by atoms with E-state index in [-0.39, 0.29) is 21.9 Å². The summed E-state index contributed by atoms with van der Waals surface area (Å²) in [7, 11) is 0. The number of hydrogen-bond donors (Lipinski definition) is 1. The van der Waals surface area contributed by atoms with Crippen LogP contribution in [0.3, 0.4) is 0 Å². The van der Waals surface area contributed by atoms with Gasteiger partial charge >= 0.3 is 0 Å². The van der Waals surface area contributed by atoms with Crippen LogP contribution in [0.15, 0.2) is 18.2 Å². The van der Waals surface area contributed by atoms with Crippen molar-refractivity contribution in [2.45, 2.75) is 26.7 Å². The van der Waals surface area contributed by atoms with E-state index < -0.39 is 0 Å². The lowest BCUT2D eigenvalue weighted by Gasteiger charge is -2.06. The quantitative estimate of drug-likeness (QED) is 0.645. The van der Waals surface area contributed by atoms with Gasteiger partial charge in [0.05, 0.1) is 4.92 Å². The Morgan fingerprint density at radius 3 is 2.59 bits per heavy atom. The molecule has 0 saturated heterocycles. The van der Waals surface area contributed by atoms with Crippen molar-refractivity contribution in [2.24, 2.45) is 17.1 Å². The van der Waals surface area contributed by atoms with Crippen molar-refractivity contribution in [1.29, 1.82) is 0 Å². The Labute approximate surface area is 101 Å². The number of nitrogens with zero attached hydrogens (tertiary/aromatic N) is 1. The molecule has 0 unspecified atom stereocenters. The van der Waals surface area contributed by atoms with Crippen LogP contribution >= 0.6 is 0 Å². The molecule has 4 heteroatoms. The molecule has 0 amide bonds. The van der Waals surface area contributed by atoms with E-state index in [4.69, 9.17) is 5.73 Å². The Kier molecular flexibility index (Phi) is 2.70. The highest BCUT2D eigenvalue weighted by Crippen LogP contribution is 2.65. The molecule has 2 rings (SSSR count). The van der Waals surface area contributed by atoms with Crippen molar-refractivity contribution in [3.63, 3.8) is 0 Å². The predicted octanol–water partition coefficient (Wildman–Crippen LogP) is 2.60. The number of para-hydroxylation sites is 1. The molecular weight excluding hydrogens is 216 g/mol. The van der Waals surface area contributed by atoms with Crippen molar-refractivity contribution in [1.82, 2.24) is 0 Å². The lowest BCUT2D eigenvalue weighted by Crippen LogP contribution is -2.05. The van der Waals surface area contributed by atoms with Crippen LogP contribution in [0.1, 0.15) is 30.9 Å². The minimum absolute atomic E-state index is 0.0767. The average Bonchev–Trinajstić information content (AvgIpc) is 2.79. The predicted molar refractivity (Wildman–Crippen MR) is 66.9 cm³/mol. The summed E-state index contributed by atoms with van der Waals surface area (Å²) in [6.45, 7) is 6.62. The molecule has 0 bridgehead atoms. The highest BCUT2D eigenvalue weighted by atomic mass is 16.6. The zero-order valence-corrected chi connectivity index (χ0v) is 10.4. The standard InChI is InChI=1S/C13H18N2O2/c1-8-5-4-6-9(12(8)15(16)17)11-10(7-14)13(11,2)3/h4-6,10-11H,7,14H2,1-3H3/t10-,11-/m0/s1. The molecular formula is C13H18N2O2. The molecule has 1 aromatic carbocycles. The molecule has 1 aromatic rings. The molecule has 2 N–H and O–H groups in total. The first kappa shape index (κ1) is 12.0. The van der Waals surface area contributed by atoms with Gasteiger partial charge in [0.2, 0.25) is 0 Å². The topological polar surface area (TPSA) is 69.2 Å². The fourth-order valence-corrected chi connectivity index (χ4v) is 2.98. The Balaban J connectivity index is 2.48. The fraction of sp³-hybridized carbons (Fsp3) is 0.538. The van der Waals surface area contributed by atoms with Crippen LogP contribution in [-0.4, -0.2) is 11.5 Å². The van der Waals surface area contributed by atoms with Gasteiger partial charge in [-0.2, -0.15) is 0 Å². The number of nitro benzene ring substituents is 1. The van der Waals surface area contributed by atoms with Gasteiger partial charge in [0, 0.05) is 17.0 Å². The summed E-state index contributed by atoms with van der Waals surface area (Å²) in [5, 5.41) is 11.2. The first-order valence-electron chi connectivity index (χ1n) is 5.85. The second-order valence-electron chi connectivity index (χ2n) is 5.41. The first-order chi connectivity index (χ1) is 7.91. The van der Waals surface area contributed by atoms with Crippen molar-refractivity contribution >= 4 is 5.69 Å². The van der Waals surface area contributed by atoms with Gasteiger partial charge in [-0.3, -0.25) is 10.1 Å². The molecule has 0 heterocycles. The summed E-state index contributed by atoms with van der Waals surface area (Å²) in [5.41, 5.74) is 7.64. The molecule has 1 aliphatic rings. The third kappa shape index (κ3) is 1.72. The van der Waals surface area contributed by atoms with Gasteiger partial charge in [-0.15, -0.1) is 0 Å². The van der Waals surface area contributed by atoms with Crippen molar-refractivity contribution in [3.05, 3.63) is 39.4 Å². The van der Waals surface area contributed by atoms with Gasteiger partial charge < -0.3 is 5.73 Å². The Bertz CT molecular complexity index is 468. The minimum atomic E-state index is -0.271. The molecule has 0 radical (unpaired) electrons. The Morgan fingerprint density at radius 1 is 1.47 bits per heavy atom. The number of benzene rings is 1. The maximum atomic E-state index is 11.2. The second-order valence-corrected chi connectivity index (χ2v) is 5.41. The van der Waals surface area contributed by atoms with Crippen molar-refractivity contribution in [2.75, 3.05) is 6.54 Å². The Hall–Kier alpha value is -1.42. The lowest BCUT2D eigenvalue weighted by atomic mass is 9.99. The number of nitrogens with two attached hydrogens (primary N) is 1. The van der Waals surface area contributed by atoms with E-state index in [2.05, 4.69) is 13.8 Å². The maximum absolute atomic E-state index is 11.2. The van der Waals surface area contributed by atoms with Crippen LogP contribution < -0.4 is 5.73 Å². The van der Waals surface area contributed by atoms with E-state index in [1.165, 1.54) is 0 Å². The van der Waals surface area contributed by atoms with Gasteiger partial charge in [-0.05, 0) is 24.8 Å². The smallest absolute Gasteiger partial charge is 0.275 e. The molecule has 0 spiro atoms. The monoisotopic (exact) mass is 234 g/mol. The number of hydrogen-bond acceptors (Lipinski definition) is 3. The van der Waals surface area contributed by atoms with Gasteiger partial charge in [0.15, 0.2) is 0 Å². The molecule has 2 atom stereocenters. The minimum Gasteiger partial charge on any atom is -0.330 e. The van der Waals surface area contributed by atoms with E-state index in [1.807, 2.05) is 12.1 Å². The molecule has 0 aliphatic heterocycles. The normalized spacial score (nSPS) is 25.6. The van der Waals surface area contributed by atoms with Crippen molar-refractivity contribution < 1.29 is 4.92 Å². The molecule has 1 aliphatic carbocycles. The van der Waals surface area contributed by atoms with E-state index >= 15 is 0 Å². The number of rotatable bonds is 3. The van der Waals surface area contributed by atoms with E-state index in [9.17, 15) is 10.1 Å². The van der Waals surface area contributed by atoms with Crippen LogP contribution in [-0.2, 0) is 0 Å². The fourth-order valence-electron chi connectivity index (χ4n) is 2.98. The average molecular weight is 234 g/mol. The lowest BCUT2D eigenvalue weighted by molar-refractivity contribution is -0.386. The van der Waals surface area contributed by atoms with Crippen molar-refractivity contribution in [3.8, 4) is 0 Å². The second kappa shape index (κ2) is 3.81. The third-order valence-corrected chi connectivity index (χ3v) is 4.09. The van der Waals surface area contributed by atoms with Crippen LogP contribution in [0.5, 0.6) is 0 Å².